The number of carbonyl (C=O) groups is 1. The number of nitrogens with one attached hydrogen (secondary N) is 2. The molecule has 0 spiro atoms. The number of aliphatic imine (C=N–C) groups is 1. The van der Waals surface area contributed by atoms with Crippen LogP contribution in [0.3, 0.4) is 0 Å². The van der Waals surface area contributed by atoms with Gasteiger partial charge in [-0.25, -0.2) is 4.99 Å². The van der Waals surface area contributed by atoms with Gasteiger partial charge in [0.05, 0.1) is 6.04 Å². The molecular weight excluding hydrogens is 515 g/mol. The second-order valence-corrected chi connectivity index (χ2v) is 8.91. The van der Waals surface area contributed by atoms with Crippen molar-refractivity contribution in [2.24, 2.45) is 4.99 Å². The minimum absolute atomic E-state index is 0. The fraction of sp³-hybridized carbons (Fsp3) is 0.667. The highest BCUT2D eigenvalue weighted by atomic mass is 127. The van der Waals surface area contributed by atoms with E-state index in [0.717, 1.165) is 26.2 Å². The summed E-state index contributed by atoms with van der Waals surface area (Å²) in [5.74, 6) is 0.707. The monoisotopic (exact) mass is 556 g/mol. The Balaban J connectivity index is 0.00000363. The van der Waals surface area contributed by atoms with Crippen molar-refractivity contribution in [1.29, 1.82) is 0 Å². The number of likely N-dealkylation sites (N-methyl/N-ethyl adjacent to an activating group) is 2. The summed E-state index contributed by atoms with van der Waals surface area (Å²) in [6.45, 7) is 9.88. The Labute approximate surface area is 211 Å². The largest absolute Gasteiger partial charge is 0.372 e. The van der Waals surface area contributed by atoms with Crippen molar-refractivity contribution in [2.45, 2.75) is 51.6 Å². The number of guanidine groups is 1. The summed E-state index contributed by atoms with van der Waals surface area (Å²) >= 11 is 0. The average molecular weight is 557 g/mol. The molecular formula is C24H41IN6O. The topological polar surface area (TPSA) is 63.2 Å². The van der Waals surface area contributed by atoms with E-state index >= 15 is 0 Å². The molecule has 32 heavy (non-hydrogen) atoms. The second kappa shape index (κ2) is 13.2. The molecule has 1 aromatic rings. The van der Waals surface area contributed by atoms with Gasteiger partial charge in [0.25, 0.3) is 0 Å². The van der Waals surface area contributed by atoms with Crippen molar-refractivity contribution in [1.82, 2.24) is 20.4 Å². The zero-order valence-electron chi connectivity index (χ0n) is 20.1. The third-order valence-corrected chi connectivity index (χ3v) is 6.48. The minimum Gasteiger partial charge on any atom is -0.372 e. The van der Waals surface area contributed by atoms with Gasteiger partial charge in [0.1, 0.15) is 6.54 Å². The molecule has 7 nitrogen and oxygen atoms in total. The maximum absolute atomic E-state index is 12.1. The predicted molar refractivity (Wildman–Crippen MR) is 144 cm³/mol. The van der Waals surface area contributed by atoms with Gasteiger partial charge in [-0.05, 0) is 63.4 Å². The van der Waals surface area contributed by atoms with Crippen LogP contribution in [0.15, 0.2) is 29.3 Å². The van der Waals surface area contributed by atoms with E-state index in [9.17, 15) is 4.79 Å². The molecule has 2 N–H and O–H groups in total. The van der Waals surface area contributed by atoms with Crippen molar-refractivity contribution in [3.8, 4) is 0 Å². The summed E-state index contributed by atoms with van der Waals surface area (Å²) in [6, 6.07) is 9.39. The van der Waals surface area contributed by atoms with E-state index in [4.69, 9.17) is 0 Å². The number of benzene rings is 1. The van der Waals surface area contributed by atoms with Gasteiger partial charge in [0.15, 0.2) is 5.96 Å². The van der Waals surface area contributed by atoms with Gasteiger partial charge in [-0.15, -0.1) is 24.0 Å². The molecule has 2 aliphatic rings. The van der Waals surface area contributed by atoms with Crippen molar-refractivity contribution in [3.05, 3.63) is 29.8 Å². The number of hydrogen-bond donors (Lipinski definition) is 2. The van der Waals surface area contributed by atoms with E-state index in [0.29, 0.717) is 12.0 Å². The van der Waals surface area contributed by atoms with Gasteiger partial charge in [-0.2, -0.15) is 0 Å². The van der Waals surface area contributed by atoms with Gasteiger partial charge >= 0.3 is 0 Å². The van der Waals surface area contributed by atoms with Crippen molar-refractivity contribution < 1.29 is 4.79 Å². The maximum Gasteiger partial charge on any atom is 0.243 e. The quantitative estimate of drug-likeness (QED) is 0.293. The SMILES string of the molecule is CCN1CCCC1CNC(=NCC(=O)N(C)C)NC(C)c1cccc(N2CCCC2)c1.I. The molecule has 2 unspecified atom stereocenters. The van der Waals surface area contributed by atoms with Gasteiger partial charge in [0, 0.05) is 45.5 Å². The second-order valence-electron chi connectivity index (χ2n) is 8.91. The van der Waals surface area contributed by atoms with E-state index < -0.39 is 0 Å². The Bertz CT molecular complexity index is 750. The highest BCUT2D eigenvalue weighted by Gasteiger charge is 2.23. The number of carbonyl (C=O) groups excluding carboxylic acids is 1. The van der Waals surface area contributed by atoms with E-state index in [1.165, 1.54) is 43.5 Å². The fourth-order valence-corrected chi connectivity index (χ4v) is 4.45. The molecule has 2 heterocycles. The number of anilines is 1. The number of hydrogen-bond acceptors (Lipinski definition) is 4. The molecule has 0 radical (unpaired) electrons. The third kappa shape index (κ3) is 7.50. The van der Waals surface area contributed by atoms with Crippen molar-refractivity contribution >= 4 is 41.5 Å². The van der Waals surface area contributed by atoms with Gasteiger partial charge in [-0.1, -0.05) is 19.1 Å². The molecule has 0 aromatic heterocycles. The lowest BCUT2D eigenvalue weighted by Gasteiger charge is -2.26. The van der Waals surface area contributed by atoms with Crippen LogP contribution in [0.2, 0.25) is 0 Å². The molecule has 2 saturated heterocycles. The number of likely N-dealkylation sites (tertiary alicyclic amines) is 1. The standard InChI is InChI=1S/C24H40N6O.HI/c1-5-29-15-9-12-22(29)17-25-24(26-18-23(31)28(3)4)27-19(2)20-10-8-11-21(16-20)30-13-6-7-14-30;/h8,10-11,16,19,22H,5-7,9,12-15,17-18H2,1-4H3,(H2,25,26,27);1H. The first-order chi connectivity index (χ1) is 15.0. The summed E-state index contributed by atoms with van der Waals surface area (Å²) in [5.41, 5.74) is 2.52. The molecule has 0 bridgehead atoms. The highest BCUT2D eigenvalue weighted by molar-refractivity contribution is 14.0. The van der Waals surface area contributed by atoms with Crippen LogP contribution in [0.5, 0.6) is 0 Å². The van der Waals surface area contributed by atoms with Crippen molar-refractivity contribution in [3.63, 3.8) is 0 Å². The van der Waals surface area contributed by atoms with Gasteiger partial charge in [-0.3, -0.25) is 9.69 Å². The summed E-state index contributed by atoms with van der Waals surface area (Å²) in [5, 5.41) is 7.04. The van der Waals surface area contributed by atoms with Crippen LogP contribution in [-0.2, 0) is 4.79 Å². The zero-order valence-corrected chi connectivity index (χ0v) is 22.5. The van der Waals surface area contributed by atoms with Crippen LogP contribution < -0.4 is 15.5 Å². The van der Waals surface area contributed by atoms with Crippen LogP contribution >= 0.6 is 24.0 Å². The molecule has 0 saturated carbocycles. The number of halogens is 1. The molecule has 8 heteroatoms. The minimum atomic E-state index is 0. The number of nitrogens with zero attached hydrogens (tertiary/aromatic N) is 4. The van der Waals surface area contributed by atoms with Crippen LogP contribution in [0.4, 0.5) is 5.69 Å². The van der Waals surface area contributed by atoms with Crippen molar-refractivity contribution in [2.75, 3.05) is 58.3 Å². The third-order valence-electron chi connectivity index (χ3n) is 6.48. The molecule has 1 aromatic carbocycles. The van der Waals surface area contributed by atoms with Crippen LogP contribution in [0, 0.1) is 0 Å². The predicted octanol–water partition coefficient (Wildman–Crippen LogP) is 3.07. The van der Waals surface area contributed by atoms with E-state index in [1.807, 2.05) is 0 Å². The Kier molecular flexibility index (Phi) is 11.0. The van der Waals surface area contributed by atoms with E-state index in [1.54, 1.807) is 19.0 Å². The first-order valence-electron chi connectivity index (χ1n) is 11.8. The Morgan fingerprint density at radius 3 is 2.66 bits per heavy atom. The Morgan fingerprint density at radius 1 is 1.22 bits per heavy atom. The Hall–Kier alpha value is -1.55. The van der Waals surface area contributed by atoms with Crippen LogP contribution in [0.1, 0.15) is 51.1 Å². The summed E-state index contributed by atoms with van der Waals surface area (Å²) in [6.07, 6.45) is 5.00. The van der Waals surface area contributed by atoms with Gasteiger partial charge in [0.2, 0.25) is 5.91 Å². The van der Waals surface area contributed by atoms with Gasteiger partial charge < -0.3 is 20.4 Å². The first-order valence-corrected chi connectivity index (χ1v) is 11.8. The molecule has 0 aliphatic carbocycles. The molecule has 180 valence electrons. The number of amides is 1. The smallest absolute Gasteiger partial charge is 0.243 e. The molecule has 2 aliphatic heterocycles. The maximum atomic E-state index is 12.1. The first kappa shape index (κ1) is 26.7. The number of rotatable bonds is 8. The van der Waals surface area contributed by atoms with Crippen LogP contribution in [0.25, 0.3) is 0 Å². The fourth-order valence-electron chi connectivity index (χ4n) is 4.45. The molecule has 2 fully saturated rings. The summed E-state index contributed by atoms with van der Waals surface area (Å²) in [7, 11) is 3.53. The lowest BCUT2D eigenvalue weighted by Crippen LogP contribution is -2.46. The lowest BCUT2D eigenvalue weighted by atomic mass is 10.1. The highest BCUT2D eigenvalue weighted by Crippen LogP contribution is 2.24. The normalized spacial score (nSPS) is 20.1. The summed E-state index contributed by atoms with van der Waals surface area (Å²) in [4.78, 5) is 23.3. The average Bonchev–Trinajstić information content (AvgIpc) is 3.47. The summed E-state index contributed by atoms with van der Waals surface area (Å²) < 4.78 is 0. The zero-order chi connectivity index (χ0) is 22.2. The molecule has 3 rings (SSSR count). The van der Waals surface area contributed by atoms with E-state index in [2.05, 4.69) is 63.5 Å². The Morgan fingerprint density at radius 2 is 1.97 bits per heavy atom. The molecule has 1 amide bonds. The molecule has 2 atom stereocenters. The lowest BCUT2D eigenvalue weighted by molar-refractivity contribution is -0.127. The van der Waals surface area contributed by atoms with Crippen LogP contribution in [-0.4, -0.2) is 81.1 Å². The van der Waals surface area contributed by atoms with E-state index in [-0.39, 0.29) is 42.5 Å².